The maximum absolute atomic E-state index is 13.3. The number of likely N-dealkylation sites (tertiary alicyclic amines) is 1. The molecule has 1 N–H and O–H groups in total. The van der Waals surface area contributed by atoms with E-state index in [-0.39, 0.29) is 23.4 Å². The number of aryl methyl sites for hydroxylation is 1. The van der Waals surface area contributed by atoms with Crippen LogP contribution in [0.15, 0.2) is 28.7 Å². The number of carbonyl (C=O) groups excluding carboxylic acids is 2. The molecule has 1 fully saturated rings. The molecule has 0 aliphatic carbocycles. The summed E-state index contributed by atoms with van der Waals surface area (Å²) in [7, 11) is 1.30. The molecular weight excluding hydrogens is 372 g/mol. The molecule has 0 unspecified atom stereocenters. The Bertz CT molecular complexity index is 912. The van der Waals surface area contributed by atoms with Crippen molar-refractivity contribution in [2.45, 2.75) is 58.1 Å². The Hall–Kier alpha value is -2.67. The van der Waals surface area contributed by atoms with E-state index in [1.807, 2.05) is 6.92 Å². The number of carbonyl (C=O) groups is 2. The molecular formula is C22H28N2O5. The monoisotopic (exact) mass is 400 g/mol. The Balaban J connectivity index is 1.88. The second kappa shape index (κ2) is 7.99. The highest BCUT2D eigenvalue weighted by molar-refractivity contribution is 6.05. The Morgan fingerprint density at radius 2 is 1.90 bits per heavy atom. The third-order valence-electron chi connectivity index (χ3n) is 5.45. The first-order chi connectivity index (χ1) is 13.6. The molecule has 0 spiro atoms. The van der Waals surface area contributed by atoms with Gasteiger partial charge in [0.2, 0.25) is 0 Å². The first-order valence-corrected chi connectivity index (χ1v) is 9.82. The van der Waals surface area contributed by atoms with Crippen LogP contribution in [-0.2, 0) is 10.3 Å². The van der Waals surface area contributed by atoms with E-state index in [0.29, 0.717) is 29.5 Å². The number of esters is 1. The van der Waals surface area contributed by atoms with Crippen molar-refractivity contribution in [1.29, 1.82) is 0 Å². The van der Waals surface area contributed by atoms with E-state index in [9.17, 15) is 14.7 Å². The van der Waals surface area contributed by atoms with Gasteiger partial charge in [0.05, 0.1) is 24.2 Å². The van der Waals surface area contributed by atoms with Gasteiger partial charge in [-0.05, 0) is 52.7 Å². The van der Waals surface area contributed by atoms with Gasteiger partial charge in [0.1, 0.15) is 17.1 Å². The highest BCUT2D eigenvalue weighted by atomic mass is 16.5. The number of amides is 1. The number of hydrogen-bond acceptors (Lipinski definition) is 6. The minimum absolute atomic E-state index is 0.0225. The summed E-state index contributed by atoms with van der Waals surface area (Å²) < 4.78 is 10.7. The average molecular weight is 400 g/mol. The van der Waals surface area contributed by atoms with Gasteiger partial charge < -0.3 is 19.2 Å². The first kappa shape index (κ1) is 21.0. The highest BCUT2D eigenvalue weighted by Gasteiger charge is 2.35. The van der Waals surface area contributed by atoms with Gasteiger partial charge in [-0.3, -0.25) is 4.79 Å². The van der Waals surface area contributed by atoms with Crippen LogP contribution in [0.5, 0.6) is 0 Å². The van der Waals surface area contributed by atoms with Gasteiger partial charge in [-0.15, -0.1) is 0 Å². The molecule has 0 radical (unpaired) electrons. The molecule has 0 saturated carbocycles. The van der Waals surface area contributed by atoms with Crippen LogP contribution in [0, 0.1) is 6.92 Å². The van der Waals surface area contributed by atoms with E-state index in [1.54, 1.807) is 49.9 Å². The summed E-state index contributed by atoms with van der Waals surface area (Å²) >= 11 is 0. The van der Waals surface area contributed by atoms with Gasteiger partial charge in [-0.25, -0.2) is 9.78 Å². The van der Waals surface area contributed by atoms with Crippen molar-refractivity contribution in [3.63, 3.8) is 0 Å². The number of nitrogens with zero attached hydrogens (tertiary/aromatic N) is 2. The highest BCUT2D eigenvalue weighted by Crippen LogP contribution is 2.34. The number of rotatable bonds is 4. The summed E-state index contributed by atoms with van der Waals surface area (Å²) in [5, 5.41) is 10.3. The van der Waals surface area contributed by atoms with Crippen molar-refractivity contribution in [2.24, 2.45) is 0 Å². The molecule has 29 heavy (non-hydrogen) atoms. The Kier molecular flexibility index (Phi) is 5.80. The first-order valence-electron chi connectivity index (χ1n) is 9.82. The molecule has 2 atom stereocenters. The lowest BCUT2D eigenvalue weighted by atomic mass is 9.92. The molecule has 7 heteroatoms. The molecule has 1 saturated heterocycles. The van der Waals surface area contributed by atoms with E-state index in [4.69, 9.17) is 9.15 Å². The normalized spacial score (nSPS) is 19.9. The number of methoxy groups -OCH3 is 1. The van der Waals surface area contributed by atoms with Crippen LogP contribution in [0.2, 0.25) is 0 Å². The summed E-state index contributed by atoms with van der Waals surface area (Å²) in [6.45, 7) is 7.55. The van der Waals surface area contributed by atoms with Crippen LogP contribution < -0.4 is 0 Å². The fraction of sp³-hybridized carbons (Fsp3) is 0.500. The van der Waals surface area contributed by atoms with Crippen molar-refractivity contribution in [3.05, 3.63) is 52.7 Å². The molecule has 1 aromatic heterocycles. The van der Waals surface area contributed by atoms with Crippen molar-refractivity contribution < 1.29 is 23.8 Å². The largest absolute Gasteiger partial charge is 0.465 e. The number of piperidine rings is 1. The second-order valence-corrected chi connectivity index (χ2v) is 8.13. The van der Waals surface area contributed by atoms with Crippen LogP contribution in [0.1, 0.15) is 77.6 Å². The molecule has 1 aliphatic heterocycles. The zero-order valence-corrected chi connectivity index (χ0v) is 17.6. The van der Waals surface area contributed by atoms with Crippen LogP contribution in [0.4, 0.5) is 0 Å². The fourth-order valence-electron chi connectivity index (χ4n) is 3.86. The van der Waals surface area contributed by atoms with Crippen LogP contribution >= 0.6 is 0 Å². The van der Waals surface area contributed by atoms with Gasteiger partial charge >= 0.3 is 5.97 Å². The lowest BCUT2D eigenvalue weighted by Crippen LogP contribution is -2.45. The van der Waals surface area contributed by atoms with Crippen molar-refractivity contribution >= 4 is 11.9 Å². The Morgan fingerprint density at radius 3 is 2.48 bits per heavy atom. The van der Waals surface area contributed by atoms with Crippen LogP contribution in [0.3, 0.4) is 0 Å². The van der Waals surface area contributed by atoms with Gasteiger partial charge in [0, 0.05) is 12.6 Å². The third kappa shape index (κ3) is 4.19. The zero-order chi connectivity index (χ0) is 21.3. The minimum Gasteiger partial charge on any atom is -0.465 e. The van der Waals surface area contributed by atoms with Crippen molar-refractivity contribution in [3.8, 4) is 0 Å². The van der Waals surface area contributed by atoms with Gasteiger partial charge in [-0.2, -0.15) is 0 Å². The Morgan fingerprint density at radius 1 is 1.24 bits per heavy atom. The second-order valence-electron chi connectivity index (χ2n) is 8.13. The van der Waals surface area contributed by atoms with Gasteiger partial charge in [0.15, 0.2) is 5.89 Å². The average Bonchev–Trinajstić information content (AvgIpc) is 3.09. The molecule has 1 aromatic carbocycles. The van der Waals surface area contributed by atoms with E-state index in [2.05, 4.69) is 4.98 Å². The minimum atomic E-state index is -1.09. The predicted molar refractivity (Wildman–Crippen MR) is 107 cm³/mol. The lowest BCUT2D eigenvalue weighted by molar-refractivity contribution is 0.0555. The quantitative estimate of drug-likeness (QED) is 0.791. The van der Waals surface area contributed by atoms with Crippen LogP contribution in [-0.4, -0.2) is 46.6 Å². The van der Waals surface area contributed by atoms with E-state index in [0.717, 1.165) is 12.8 Å². The number of benzene rings is 1. The lowest BCUT2D eigenvalue weighted by Gasteiger charge is -2.37. The van der Waals surface area contributed by atoms with E-state index in [1.165, 1.54) is 7.11 Å². The van der Waals surface area contributed by atoms with Crippen molar-refractivity contribution in [2.75, 3.05) is 13.7 Å². The number of aliphatic hydroxyl groups is 1. The van der Waals surface area contributed by atoms with E-state index >= 15 is 0 Å². The summed E-state index contributed by atoms with van der Waals surface area (Å²) in [5.41, 5.74) is 0.00112. The molecule has 2 aromatic rings. The number of hydrogen-bond donors (Lipinski definition) is 1. The van der Waals surface area contributed by atoms with Crippen molar-refractivity contribution in [1.82, 2.24) is 9.88 Å². The molecule has 1 amide bonds. The Labute approximate surface area is 170 Å². The SMILES string of the molecule is COC(=O)c1ccccc1C(=O)N1C[C@H](c2nc(C(C)(C)O)c(C)o2)CC[C@H]1C. The maximum Gasteiger partial charge on any atom is 0.338 e. The molecule has 3 rings (SSSR count). The number of ether oxygens (including phenoxy) is 1. The number of oxazole rings is 1. The standard InChI is InChI=1S/C22H28N2O5/c1-13-10-11-15(19-23-18(14(2)29-19)22(3,4)27)12-24(13)20(25)16-8-6-7-9-17(16)21(26)28-5/h6-9,13,15,27H,10-12H2,1-5H3/t13-,15-/m1/s1. The van der Waals surface area contributed by atoms with Gasteiger partial charge in [0.25, 0.3) is 5.91 Å². The van der Waals surface area contributed by atoms with Gasteiger partial charge in [-0.1, -0.05) is 12.1 Å². The van der Waals surface area contributed by atoms with E-state index < -0.39 is 11.6 Å². The fourth-order valence-corrected chi connectivity index (χ4v) is 3.86. The predicted octanol–water partition coefficient (Wildman–Crippen LogP) is 3.41. The summed E-state index contributed by atoms with van der Waals surface area (Å²) in [6.07, 6.45) is 1.62. The smallest absolute Gasteiger partial charge is 0.338 e. The molecule has 2 heterocycles. The third-order valence-corrected chi connectivity index (χ3v) is 5.45. The zero-order valence-electron chi connectivity index (χ0n) is 17.6. The topological polar surface area (TPSA) is 92.9 Å². The summed E-state index contributed by atoms with van der Waals surface area (Å²) in [6, 6.07) is 6.71. The maximum atomic E-state index is 13.3. The molecule has 156 valence electrons. The molecule has 7 nitrogen and oxygen atoms in total. The van der Waals surface area contributed by atoms with Crippen LogP contribution in [0.25, 0.3) is 0 Å². The number of aromatic nitrogens is 1. The molecule has 0 bridgehead atoms. The molecule has 1 aliphatic rings. The summed E-state index contributed by atoms with van der Waals surface area (Å²) in [5.74, 6) is 0.295. The summed E-state index contributed by atoms with van der Waals surface area (Å²) in [4.78, 5) is 31.7.